The summed E-state index contributed by atoms with van der Waals surface area (Å²) in [5.41, 5.74) is 1.55. The van der Waals surface area contributed by atoms with E-state index in [9.17, 15) is 4.79 Å². The number of hydrogen-bond donors (Lipinski definition) is 2. The molecule has 0 spiro atoms. The van der Waals surface area contributed by atoms with Gasteiger partial charge in [0.2, 0.25) is 11.8 Å². The number of benzene rings is 1. The number of fused-ring (bicyclic) bond motifs is 1. The fourth-order valence-corrected chi connectivity index (χ4v) is 3.04. The average Bonchev–Trinajstić information content (AvgIpc) is 3.00. The number of nitrogens with one attached hydrogen (secondary N) is 2. The average molecular weight is 357 g/mol. The SMILES string of the molecule is CCNc1nc(SC(C)C(=O)Nc2cc(C)no2)nc2ccccc12. The normalized spacial score (nSPS) is 12.1. The van der Waals surface area contributed by atoms with Crippen molar-refractivity contribution in [2.45, 2.75) is 31.2 Å². The van der Waals surface area contributed by atoms with Gasteiger partial charge in [-0.2, -0.15) is 0 Å². The Morgan fingerprint density at radius 1 is 1.32 bits per heavy atom. The maximum Gasteiger partial charge on any atom is 0.240 e. The molecule has 2 aromatic heterocycles. The molecule has 3 aromatic rings. The van der Waals surface area contributed by atoms with Crippen molar-refractivity contribution in [2.75, 3.05) is 17.2 Å². The van der Waals surface area contributed by atoms with E-state index in [1.165, 1.54) is 11.8 Å². The van der Waals surface area contributed by atoms with Crippen LogP contribution < -0.4 is 10.6 Å². The van der Waals surface area contributed by atoms with Crippen LogP contribution in [-0.2, 0) is 4.79 Å². The van der Waals surface area contributed by atoms with Gasteiger partial charge in [-0.3, -0.25) is 10.1 Å². The Bertz CT molecular complexity index is 896. The summed E-state index contributed by atoms with van der Waals surface area (Å²) in [7, 11) is 0. The first-order chi connectivity index (χ1) is 12.1. The van der Waals surface area contributed by atoms with Crippen molar-refractivity contribution in [2.24, 2.45) is 0 Å². The molecule has 7 nitrogen and oxygen atoms in total. The van der Waals surface area contributed by atoms with E-state index in [4.69, 9.17) is 4.52 Å². The van der Waals surface area contributed by atoms with Crippen molar-refractivity contribution < 1.29 is 9.32 Å². The molecular formula is C17H19N5O2S. The number of amides is 1. The van der Waals surface area contributed by atoms with E-state index < -0.39 is 0 Å². The Morgan fingerprint density at radius 2 is 2.12 bits per heavy atom. The number of para-hydroxylation sites is 1. The molecule has 3 rings (SSSR count). The Labute approximate surface area is 149 Å². The van der Waals surface area contributed by atoms with Gasteiger partial charge in [0.25, 0.3) is 0 Å². The van der Waals surface area contributed by atoms with Gasteiger partial charge in [-0.25, -0.2) is 9.97 Å². The second kappa shape index (κ2) is 7.52. The molecule has 0 bridgehead atoms. The molecule has 2 heterocycles. The maximum atomic E-state index is 12.3. The van der Waals surface area contributed by atoms with Crippen LogP contribution in [0, 0.1) is 6.92 Å². The van der Waals surface area contributed by atoms with E-state index in [1.54, 1.807) is 19.9 Å². The van der Waals surface area contributed by atoms with Gasteiger partial charge in [0.1, 0.15) is 5.82 Å². The minimum absolute atomic E-state index is 0.192. The molecule has 0 saturated heterocycles. The molecule has 0 saturated carbocycles. The number of anilines is 2. The fourth-order valence-electron chi connectivity index (χ4n) is 2.27. The van der Waals surface area contributed by atoms with Crippen LogP contribution in [0.25, 0.3) is 10.9 Å². The minimum atomic E-state index is -0.388. The van der Waals surface area contributed by atoms with Crippen molar-refractivity contribution in [1.82, 2.24) is 15.1 Å². The summed E-state index contributed by atoms with van der Waals surface area (Å²) >= 11 is 1.30. The van der Waals surface area contributed by atoms with Crippen molar-refractivity contribution in [3.05, 3.63) is 36.0 Å². The van der Waals surface area contributed by atoms with Crippen LogP contribution in [-0.4, -0.2) is 32.8 Å². The van der Waals surface area contributed by atoms with E-state index in [0.29, 0.717) is 16.7 Å². The van der Waals surface area contributed by atoms with Crippen molar-refractivity contribution in [1.29, 1.82) is 0 Å². The molecule has 130 valence electrons. The molecule has 1 aromatic carbocycles. The summed E-state index contributed by atoms with van der Waals surface area (Å²) in [6.07, 6.45) is 0. The summed E-state index contributed by atoms with van der Waals surface area (Å²) in [4.78, 5) is 21.4. The Kier molecular flexibility index (Phi) is 5.18. The number of rotatable bonds is 6. The quantitative estimate of drug-likeness (QED) is 0.515. The highest BCUT2D eigenvalue weighted by atomic mass is 32.2. The summed E-state index contributed by atoms with van der Waals surface area (Å²) in [5.74, 6) is 0.916. The summed E-state index contributed by atoms with van der Waals surface area (Å²) in [5, 5.41) is 10.8. The number of thioether (sulfide) groups is 1. The van der Waals surface area contributed by atoms with E-state index in [1.807, 2.05) is 31.2 Å². The zero-order valence-corrected chi connectivity index (χ0v) is 15.1. The monoisotopic (exact) mass is 357 g/mol. The van der Waals surface area contributed by atoms with Gasteiger partial charge in [0.15, 0.2) is 5.16 Å². The highest BCUT2D eigenvalue weighted by Gasteiger charge is 2.19. The van der Waals surface area contributed by atoms with Crippen LogP contribution in [0.4, 0.5) is 11.7 Å². The molecule has 1 amide bonds. The lowest BCUT2D eigenvalue weighted by Gasteiger charge is -2.12. The number of carbonyl (C=O) groups excluding carboxylic acids is 1. The first-order valence-electron chi connectivity index (χ1n) is 7.98. The molecule has 1 unspecified atom stereocenters. The van der Waals surface area contributed by atoms with Crippen LogP contribution in [0.1, 0.15) is 19.5 Å². The van der Waals surface area contributed by atoms with Crippen molar-refractivity contribution in [3.63, 3.8) is 0 Å². The van der Waals surface area contributed by atoms with Crippen LogP contribution in [0.5, 0.6) is 0 Å². The predicted molar refractivity (Wildman–Crippen MR) is 98.9 cm³/mol. The molecule has 2 N–H and O–H groups in total. The summed E-state index contributed by atoms with van der Waals surface area (Å²) in [6, 6.07) is 9.47. The molecule has 0 aliphatic rings. The lowest BCUT2D eigenvalue weighted by atomic mass is 10.2. The van der Waals surface area contributed by atoms with E-state index in [2.05, 4.69) is 25.8 Å². The Morgan fingerprint density at radius 3 is 2.84 bits per heavy atom. The first kappa shape index (κ1) is 17.2. The topological polar surface area (TPSA) is 92.9 Å². The van der Waals surface area contributed by atoms with E-state index >= 15 is 0 Å². The molecular weight excluding hydrogens is 338 g/mol. The van der Waals surface area contributed by atoms with Crippen molar-refractivity contribution >= 4 is 40.3 Å². The van der Waals surface area contributed by atoms with Gasteiger partial charge in [-0.05, 0) is 32.9 Å². The highest BCUT2D eigenvalue weighted by Crippen LogP contribution is 2.27. The van der Waals surface area contributed by atoms with Crippen LogP contribution in [0.2, 0.25) is 0 Å². The van der Waals surface area contributed by atoms with Gasteiger partial charge in [-0.15, -0.1) is 0 Å². The van der Waals surface area contributed by atoms with Crippen LogP contribution >= 0.6 is 11.8 Å². The lowest BCUT2D eigenvalue weighted by molar-refractivity contribution is -0.115. The smallest absolute Gasteiger partial charge is 0.240 e. The summed E-state index contributed by atoms with van der Waals surface area (Å²) < 4.78 is 5.01. The summed E-state index contributed by atoms with van der Waals surface area (Å²) in [6.45, 7) is 6.36. The number of aryl methyl sites for hydroxylation is 1. The lowest BCUT2D eigenvalue weighted by Crippen LogP contribution is -2.22. The Balaban J connectivity index is 1.78. The zero-order valence-electron chi connectivity index (χ0n) is 14.2. The molecule has 8 heteroatoms. The van der Waals surface area contributed by atoms with Crippen molar-refractivity contribution in [3.8, 4) is 0 Å². The second-order valence-electron chi connectivity index (χ2n) is 5.48. The zero-order chi connectivity index (χ0) is 17.8. The van der Waals surface area contributed by atoms with Gasteiger partial charge in [0, 0.05) is 18.0 Å². The number of aromatic nitrogens is 3. The third kappa shape index (κ3) is 4.08. The van der Waals surface area contributed by atoms with Crippen LogP contribution in [0.3, 0.4) is 0 Å². The predicted octanol–water partition coefficient (Wildman–Crippen LogP) is 3.48. The molecule has 0 aliphatic heterocycles. The van der Waals surface area contributed by atoms with Gasteiger partial charge >= 0.3 is 0 Å². The molecule has 1 atom stereocenters. The number of carbonyl (C=O) groups is 1. The fraction of sp³-hybridized carbons (Fsp3) is 0.294. The molecule has 0 aliphatic carbocycles. The van der Waals surface area contributed by atoms with Crippen LogP contribution in [0.15, 0.2) is 40.0 Å². The van der Waals surface area contributed by atoms with E-state index in [-0.39, 0.29) is 11.2 Å². The Hall–Kier alpha value is -2.61. The third-order valence-corrected chi connectivity index (χ3v) is 4.41. The standard InChI is InChI=1S/C17H19N5O2S/c1-4-18-15-12-7-5-6-8-13(12)19-17(21-15)25-11(3)16(23)20-14-9-10(2)22-24-14/h5-9,11H,4H2,1-3H3,(H,20,23)(H,18,19,21). The van der Waals surface area contributed by atoms with Gasteiger partial charge in [-0.1, -0.05) is 29.1 Å². The third-order valence-electron chi connectivity index (χ3n) is 3.45. The largest absolute Gasteiger partial charge is 0.370 e. The van der Waals surface area contributed by atoms with E-state index in [0.717, 1.165) is 23.3 Å². The molecule has 0 radical (unpaired) electrons. The highest BCUT2D eigenvalue weighted by molar-refractivity contribution is 8.00. The first-order valence-corrected chi connectivity index (χ1v) is 8.86. The minimum Gasteiger partial charge on any atom is -0.370 e. The number of nitrogens with zero attached hydrogens (tertiary/aromatic N) is 3. The molecule has 25 heavy (non-hydrogen) atoms. The molecule has 0 fully saturated rings. The second-order valence-corrected chi connectivity index (χ2v) is 6.79. The number of hydrogen-bond acceptors (Lipinski definition) is 7. The maximum absolute atomic E-state index is 12.3. The van der Waals surface area contributed by atoms with Gasteiger partial charge < -0.3 is 9.84 Å². The van der Waals surface area contributed by atoms with Gasteiger partial charge in [0.05, 0.1) is 16.5 Å².